The second kappa shape index (κ2) is 11.8. The number of benzene rings is 3. The van der Waals surface area contributed by atoms with Crippen LogP contribution in [0, 0.1) is 0 Å². The lowest BCUT2D eigenvalue weighted by Gasteiger charge is -2.31. The van der Waals surface area contributed by atoms with Gasteiger partial charge < -0.3 is 24.2 Å². The van der Waals surface area contributed by atoms with E-state index in [1.165, 1.54) is 0 Å². The minimum Gasteiger partial charge on any atom is -0.507 e. The number of aliphatic hydroxyl groups excluding tert-OH is 1. The minimum atomic E-state index is -0.750. The van der Waals surface area contributed by atoms with Crippen LogP contribution >= 0.6 is 0 Å². The van der Waals surface area contributed by atoms with Crippen LogP contribution in [0.1, 0.15) is 35.2 Å². The molecule has 2 saturated heterocycles. The van der Waals surface area contributed by atoms with Crippen molar-refractivity contribution < 1.29 is 28.9 Å². The van der Waals surface area contributed by atoms with Crippen molar-refractivity contribution in [2.75, 3.05) is 39.4 Å². The highest BCUT2D eigenvalue weighted by Crippen LogP contribution is 2.41. The summed E-state index contributed by atoms with van der Waals surface area (Å²) in [6.45, 7) is 6.15. The van der Waals surface area contributed by atoms with Crippen LogP contribution in [-0.4, -0.2) is 72.1 Å². The van der Waals surface area contributed by atoms with Crippen LogP contribution in [0.15, 0.2) is 78.4 Å². The van der Waals surface area contributed by atoms with Crippen LogP contribution in [0.5, 0.6) is 11.5 Å². The van der Waals surface area contributed by atoms with Gasteiger partial charge in [0.1, 0.15) is 30.0 Å². The Hall–Kier alpha value is -4.14. The topological polar surface area (TPSA) is 88.5 Å². The Morgan fingerprint density at radius 2 is 1.78 bits per heavy atom. The molecule has 0 aromatic heterocycles. The standard InChI is InChI=1S/C33H34N2O6/c1-22-18-26-19-25(10-11-28(26)41-22)31(36)29-30(35(33(38)32(29)37)13-12-34-14-16-39-17-15-34)24-8-5-9-27(20-24)40-21-23-6-3-2-4-7-23/h2-11,19-20,22,30,36H,12-18,21H2,1H3/b31-29+/t22-,30-/m1/s1. The first-order valence-electron chi connectivity index (χ1n) is 14.1. The van der Waals surface area contributed by atoms with Crippen LogP contribution in [0.2, 0.25) is 0 Å². The Kier molecular flexibility index (Phi) is 7.76. The van der Waals surface area contributed by atoms with E-state index in [9.17, 15) is 14.7 Å². The zero-order valence-corrected chi connectivity index (χ0v) is 23.1. The number of amides is 1. The summed E-state index contributed by atoms with van der Waals surface area (Å²) in [4.78, 5) is 30.8. The highest BCUT2D eigenvalue weighted by atomic mass is 16.5. The van der Waals surface area contributed by atoms with E-state index in [1.807, 2.05) is 73.7 Å². The maximum Gasteiger partial charge on any atom is 0.295 e. The molecule has 3 aliphatic heterocycles. The third-order valence-electron chi connectivity index (χ3n) is 7.89. The highest BCUT2D eigenvalue weighted by Gasteiger charge is 2.46. The summed E-state index contributed by atoms with van der Waals surface area (Å²) in [5.74, 6) is -0.0810. The van der Waals surface area contributed by atoms with Gasteiger partial charge in [-0.1, -0.05) is 42.5 Å². The molecule has 3 aliphatic rings. The van der Waals surface area contributed by atoms with Crippen molar-refractivity contribution in [2.24, 2.45) is 0 Å². The fraction of sp³-hybridized carbons (Fsp3) is 0.333. The molecule has 3 aromatic carbocycles. The number of likely N-dealkylation sites (tertiary alicyclic amines) is 1. The maximum absolute atomic E-state index is 13.5. The van der Waals surface area contributed by atoms with Crippen molar-refractivity contribution in [3.05, 3.63) is 101 Å². The molecule has 41 heavy (non-hydrogen) atoms. The van der Waals surface area contributed by atoms with Crippen molar-refractivity contribution in [1.82, 2.24) is 9.80 Å². The number of Topliss-reactive ketones (excluding diaryl/α,β-unsaturated/α-hetero) is 1. The number of fused-ring (bicyclic) bond motifs is 1. The average Bonchev–Trinajstić information content (AvgIpc) is 3.50. The third-order valence-corrected chi connectivity index (χ3v) is 7.89. The predicted molar refractivity (Wildman–Crippen MR) is 154 cm³/mol. The highest BCUT2D eigenvalue weighted by molar-refractivity contribution is 6.46. The van der Waals surface area contributed by atoms with Gasteiger partial charge >= 0.3 is 0 Å². The molecule has 3 aromatic rings. The molecule has 1 amide bonds. The molecule has 1 N–H and O–H groups in total. The molecule has 8 nitrogen and oxygen atoms in total. The van der Waals surface area contributed by atoms with Crippen molar-refractivity contribution in [2.45, 2.75) is 32.1 Å². The summed E-state index contributed by atoms with van der Waals surface area (Å²) in [5.41, 5.74) is 3.29. The zero-order valence-electron chi connectivity index (χ0n) is 23.1. The van der Waals surface area contributed by atoms with Gasteiger partial charge in [-0.15, -0.1) is 0 Å². The van der Waals surface area contributed by atoms with Crippen LogP contribution in [0.25, 0.3) is 5.76 Å². The Morgan fingerprint density at radius 3 is 2.59 bits per heavy atom. The van der Waals surface area contributed by atoms with Gasteiger partial charge in [0.15, 0.2) is 0 Å². The van der Waals surface area contributed by atoms with Gasteiger partial charge in [0, 0.05) is 38.2 Å². The molecule has 2 atom stereocenters. The second-order valence-electron chi connectivity index (χ2n) is 10.7. The quantitative estimate of drug-likeness (QED) is 0.252. The van der Waals surface area contributed by atoms with E-state index < -0.39 is 17.7 Å². The molecule has 212 valence electrons. The first-order chi connectivity index (χ1) is 20.0. The Labute approximate surface area is 239 Å². The average molecular weight is 555 g/mol. The number of carbonyl (C=O) groups is 2. The Bertz CT molecular complexity index is 1460. The second-order valence-corrected chi connectivity index (χ2v) is 10.7. The summed E-state index contributed by atoms with van der Waals surface area (Å²) in [5, 5.41) is 11.6. The number of rotatable bonds is 8. The largest absolute Gasteiger partial charge is 0.507 e. The number of carbonyl (C=O) groups excluding carboxylic acids is 2. The fourth-order valence-corrected chi connectivity index (χ4v) is 5.77. The monoisotopic (exact) mass is 554 g/mol. The molecule has 0 aliphatic carbocycles. The van der Waals surface area contributed by atoms with E-state index in [0.29, 0.717) is 56.2 Å². The predicted octanol–water partition coefficient (Wildman–Crippen LogP) is 4.34. The summed E-state index contributed by atoms with van der Waals surface area (Å²) in [6.07, 6.45) is 0.765. The van der Waals surface area contributed by atoms with E-state index in [-0.39, 0.29) is 17.4 Å². The van der Waals surface area contributed by atoms with Crippen LogP contribution < -0.4 is 9.47 Å². The van der Waals surface area contributed by atoms with Gasteiger partial charge in [-0.25, -0.2) is 0 Å². The number of morpholine rings is 1. The Morgan fingerprint density at radius 1 is 0.976 bits per heavy atom. The molecule has 0 spiro atoms. The minimum absolute atomic E-state index is 0.0480. The van der Waals surface area contributed by atoms with E-state index >= 15 is 0 Å². The van der Waals surface area contributed by atoms with Gasteiger partial charge in [0.25, 0.3) is 11.7 Å². The summed E-state index contributed by atoms with van der Waals surface area (Å²) >= 11 is 0. The van der Waals surface area contributed by atoms with E-state index in [1.54, 1.807) is 11.0 Å². The smallest absolute Gasteiger partial charge is 0.295 e. The summed E-state index contributed by atoms with van der Waals surface area (Å²) in [6, 6.07) is 22.0. The number of aliphatic hydroxyl groups is 1. The van der Waals surface area contributed by atoms with Gasteiger partial charge in [-0.05, 0) is 53.9 Å². The third kappa shape index (κ3) is 5.71. The first kappa shape index (κ1) is 27.1. The Balaban J connectivity index is 1.35. The molecule has 2 fully saturated rings. The molecule has 0 unspecified atom stereocenters. The van der Waals surface area contributed by atoms with E-state index in [0.717, 1.165) is 30.0 Å². The molecule has 6 rings (SSSR count). The lowest BCUT2D eigenvalue weighted by Crippen LogP contribution is -2.42. The number of ketones is 1. The van der Waals surface area contributed by atoms with Crippen molar-refractivity contribution in [3.8, 4) is 11.5 Å². The van der Waals surface area contributed by atoms with Gasteiger partial charge in [0.2, 0.25) is 0 Å². The van der Waals surface area contributed by atoms with Crippen molar-refractivity contribution in [3.63, 3.8) is 0 Å². The van der Waals surface area contributed by atoms with Gasteiger partial charge in [-0.3, -0.25) is 14.5 Å². The first-order valence-corrected chi connectivity index (χ1v) is 14.1. The van der Waals surface area contributed by atoms with Crippen LogP contribution in [0.4, 0.5) is 0 Å². The SMILES string of the molecule is C[C@@H]1Cc2cc(/C(O)=C3\C(=O)C(=O)N(CCN4CCOCC4)[C@@H]3c3cccc(OCc4ccccc4)c3)ccc2O1. The summed E-state index contributed by atoms with van der Waals surface area (Å²) in [7, 11) is 0. The molecule has 0 radical (unpaired) electrons. The number of ether oxygens (including phenoxy) is 3. The fourth-order valence-electron chi connectivity index (χ4n) is 5.77. The molecule has 0 saturated carbocycles. The zero-order chi connectivity index (χ0) is 28.3. The van der Waals surface area contributed by atoms with Gasteiger partial charge in [0.05, 0.1) is 24.8 Å². The van der Waals surface area contributed by atoms with Crippen LogP contribution in [-0.2, 0) is 27.4 Å². The molecular weight excluding hydrogens is 520 g/mol. The normalized spacial score (nSPS) is 22.0. The number of hydrogen-bond donors (Lipinski definition) is 1. The van der Waals surface area contributed by atoms with Crippen LogP contribution in [0.3, 0.4) is 0 Å². The lowest BCUT2D eigenvalue weighted by atomic mass is 9.94. The summed E-state index contributed by atoms with van der Waals surface area (Å²) < 4.78 is 17.4. The van der Waals surface area contributed by atoms with Gasteiger partial charge in [-0.2, -0.15) is 0 Å². The maximum atomic E-state index is 13.5. The number of nitrogens with zero attached hydrogens (tertiary/aromatic N) is 2. The van der Waals surface area contributed by atoms with Crippen molar-refractivity contribution in [1.29, 1.82) is 0 Å². The molecule has 3 heterocycles. The number of hydrogen-bond acceptors (Lipinski definition) is 7. The molecule has 8 heteroatoms. The molecular formula is C33H34N2O6. The van der Waals surface area contributed by atoms with E-state index in [4.69, 9.17) is 14.2 Å². The lowest BCUT2D eigenvalue weighted by molar-refractivity contribution is -0.140. The molecule has 0 bridgehead atoms. The van der Waals surface area contributed by atoms with Crippen molar-refractivity contribution >= 4 is 17.4 Å². The van der Waals surface area contributed by atoms with E-state index in [2.05, 4.69) is 4.90 Å².